The lowest BCUT2D eigenvalue weighted by atomic mass is 10.2. The molecule has 0 spiro atoms. The quantitative estimate of drug-likeness (QED) is 0.696. The smallest absolute Gasteiger partial charge is 0.139 e. The number of pyridine rings is 1. The molecule has 94 valence electrons. The van der Waals surface area contributed by atoms with Crippen LogP contribution in [0.25, 0.3) is 11.0 Å². The maximum Gasteiger partial charge on any atom is 0.139 e. The molecule has 1 aromatic carbocycles. The summed E-state index contributed by atoms with van der Waals surface area (Å²) in [7, 11) is 0. The van der Waals surface area contributed by atoms with Crippen molar-refractivity contribution in [3.8, 4) is 0 Å². The molecule has 0 saturated heterocycles. The molecule has 0 bridgehead atoms. The van der Waals surface area contributed by atoms with Crippen molar-refractivity contribution >= 4 is 39.7 Å². The number of anilines is 2. The van der Waals surface area contributed by atoms with Gasteiger partial charge in [0, 0.05) is 17.8 Å². The summed E-state index contributed by atoms with van der Waals surface area (Å²) in [4.78, 5) is 17.7. The first-order valence-corrected chi connectivity index (χ1v) is 5.98. The molecular formula is C13H9ClN4O. The fourth-order valence-corrected chi connectivity index (χ4v) is 2.10. The molecule has 0 unspecified atom stereocenters. The van der Waals surface area contributed by atoms with E-state index in [2.05, 4.69) is 20.5 Å². The second kappa shape index (κ2) is 4.70. The maximum absolute atomic E-state index is 10.4. The largest absolute Gasteiger partial charge is 0.354 e. The van der Waals surface area contributed by atoms with Crippen LogP contribution in [0.2, 0.25) is 5.02 Å². The van der Waals surface area contributed by atoms with E-state index in [1.54, 1.807) is 18.3 Å². The van der Waals surface area contributed by atoms with Crippen LogP contribution in [0.15, 0.2) is 47.9 Å². The van der Waals surface area contributed by atoms with E-state index in [-0.39, 0.29) is 0 Å². The van der Waals surface area contributed by atoms with Gasteiger partial charge >= 0.3 is 0 Å². The van der Waals surface area contributed by atoms with Gasteiger partial charge in [0.25, 0.3) is 0 Å². The minimum Gasteiger partial charge on any atom is -0.354 e. The van der Waals surface area contributed by atoms with E-state index in [0.29, 0.717) is 16.4 Å². The first-order chi connectivity index (χ1) is 9.28. The Morgan fingerprint density at radius 3 is 2.89 bits per heavy atom. The monoisotopic (exact) mass is 272 g/mol. The average Bonchev–Trinajstić information content (AvgIpc) is 2.90. The van der Waals surface area contributed by atoms with Gasteiger partial charge in [-0.05, 0) is 35.5 Å². The van der Waals surface area contributed by atoms with E-state index in [1.807, 2.05) is 18.3 Å². The molecule has 0 saturated carbocycles. The lowest BCUT2D eigenvalue weighted by molar-refractivity contribution is 1.32. The van der Waals surface area contributed by atoms with E-state index in [1.165, 1.54) is 6.07 Å². The number of fused-ring (bicyclic) bond motifs is 1. The van der Waals surface area contributed by atoms with Crippen molar-refractivity contribution in [2.45, 2.75) is 0 Å². The number of benzene rings is 1. The van der Waals surface area contributed by atoms with Gasteiger partial charge in [0.05, 0.1) is 16.4 Å². The van der Waals surface area contributed by atoms with Crippen molar-refractivity contribution in [3.63, 3.8) is 0 Å². The first-order valence-electron chi connectivity index (χ1n) is 5.60. The molecule has 0 fully saturated rings. The number of halogens is 1. The van der Waals surface area contributed by atoms with Crippen LogP contribution < -0.4 is 5.32 Å². The molecule has 0 radical (unpaired) electrons. The lowest BCUT2D eigenvalue weighted by Gasteiger charge is -2.09. The molecule has 19 heavy (non-hydrogen) atoms. The highest BCUT2D eigenvalue weighted by molar-refractivity contribution is 6.33. The van der Waals surface area contributed by atoms with Gasteiger partial charge in [-0.2, -0.15) is 0 Å². The van der Waals surface area contributed by atoms with Crippen LogP contribution in [-0.2, 0) is 0 Å². The maximum atomic E-state index is 10.4. The second-order valence-electron chi connectivity index (χ2n) is 3.98. The molecule has 0 aliphatic carbocycles. The summed E-state index contributed by atoms with van der Waals surface area (Å²) >= 11 is 6.10. The zero-order chi connectivity index (χ0) is 13.2. The van der Waals surface area contributed by atoms with Crippen LogP contribution in [0.1, 0.15) is 0 Å². The van der Waals surface area contributed by atoms with Crippen molar-refractivity contribution in [1.29, 1.82) is 0 Å². The minimum atomic E-state index is 0.303. The number of hydrogen-bond donors (Lipinski definition) is 2. The molecule has 3 rings (SSSR count). The Labute approximate surface area is 113 Å². The van der Waals surface area contributed by atoms with Crippen molar-refractivity contribution in [1.82, 2.24) is 9.97 Å². The zero-order valence-corrected chi connectivity index (χ0v) is 10.5. The van der Waals surface area contributed by atoms with Crippen LogP contribution in [0.4, 0.5) is 17.1 Å². The van der Waals surface area contributed by atoms with Crippen LogP contribution >= 0.6 is 11.6 Å². The van der Waals surface area contributed by atoms with Crippen molar-refractivity contribution in [2.75, 3.05) is 5.32 Å². The third kappa shape index (κ3) is 2.15. The van der Waals surface area contributed by atoms with Gasteiger partial charge in [-0.3, -0.25) is 0 Å². The fourth-order valence-electron chi connectivity index (χ4n) is 1.88. The number of nitrogens with one attached hydrogen (secondary N) is 2. The van der Waals surface area contributed by atoms with Crippen molar-refractivity contribution in [3.05, 3.63) is 52.7 Å². The predicted molar refractivity (Wildman–Crippen MR) is 76.3 cm³/mol. The molecule has 2 heterocycles. The molecule has 0 amide bonds. The first kappa shape index (κ1) is 11.7. The highest BCUT2D eigenvalue weighted by Gasteiger charge is 2.06. The van der Waals surface area contributed by atoms with Crippen LogP contribution in [0, 0.1) is 4.91 Å². The topological polar surface area (TPSA) is 70.1 Å². The zero-order valence-electron chi connectivity index (χ0n) is 9.72. The summed E-state index contributed by atoms with van der Waals surface area (Å²) in [6, 6.07) is 8.64. The molecule has 2 N–H and O–H groups in total. The molecule has 6 heteroatoms. The molecule has 2 aromatic heterocycles. The normalized spacial score (nSPS) is 10.6. The number of nitroso groups, excluding NO2 is 1. The number of nitrogens with zero attached hydrogens (tertiary/aromatic N) is 2. The highest BCUT2D eigenvalue weighted by Crippen LogP contribution is 2.31. The Bertz CT molecular complexity index is 753. The molecular weight excluding hydrogens is 264 g/mol. The molecule has 0 atom stereocenters. The van der Waals surface area contributed by atoms with E-state index >= 15 is 0 Å². The standard InChI is InChI=1S/C13H9ClN4O/c14-10-7-8(18-19)1-2-12(10)17-11-4-6-16-13-9(11)3-5-15-13/h1-7H,(H2,15,16,17). The lowest BCUT2D eigenvalue weighted by Crippen LogP contribution is -1.92. The summed E-state index contributed by atoms with van der Waals surface area (Å²) in [6.45, 7) is 0. The van der Waals surface area contributed by atoms with Gasteiger partial charge in [0.1, 0.15) is 11.3 Å². The Balaban J connectivity index is 2.01. The SMILES string of the molecule is O=Nc1ccc(Nc2ccnc3[nH]ccc23)c(Cl)c1. The second-order valence-corrected chi connectivity index (χ2v) is 4.39. The van der Waals surface area contributed by atoms with Gasteiger partial charge in [-0.25, -0.2) is 4.98 Å². The summed E-state index contributed by atoms with van der Waals surface area (Å²) in [6.07, 6.45) is 3.53. The summed E-state index contributed by atoms with van der Waals surface area (Å²) in [5, 5.41) is 7.47. The predicted octanol–water partition coefficient (Wildman–Crippen LogP) is 4.36. The third-order valence-corrected chi connectivity index (χ3v) is 3.10. The number of H-pyrrole nitrogens is 1. The summed E-state index contributed by atoms with van der Waals surface area (Å²) < 4.78 is 0. The Kier molecular flexibility index (Phi) is 2.89. The molecule has 0 aliphatic heterocycles. The summed E-state index contributed by atoms with van der Waals surface area (Å²) in [5.74, 6) is 0. The summed E-state index contributed by atoms with van der Waals surface area (Å²) in [5.41, 5.74) is 2.70. The van der Waals surface area contributed by atoms with E-state index in [0.717, 1.165) is 16.7 Å². The van der Waals surface area contributed by atoms with Gasteiger partial charge in [-0.1, -0.05) is 11.6 Å². The Morgan fingerprint density at radius 2 is 2.11 bits per heavy atom. The van der Waals surface area contributed by atoms with Crippen LogP contribution in [-0.4, -0.2) is 9.97 Å². The van der Waals surface area contributed by atoms with Crippen LogP contribution in [0.3, 0.4) is 0 Å². The number of aromatic nitrogens is 2. The van der Waals surface area contributed by atoms with E-state index in [9.17, 15) is 4.91 Å². The van der Waals surface area contributed by atoms with E-state index < -0.39 is 0 Å². The van der Waals surface area contributed by atoms with Crippen molar-refractivity contribution < 1.29 is 0 Å². The Morgan fingerprint density at radius 1 is 1.21 bits per heavy atom. The Hall–Kier alpha value is -2.40. The fraction of sp³-hybridized carbons (Fsp3) is 0. The van der Waals surface area contributed by atoms with E-state index in [4.69, 9.17) is 11.6 Å². The van der Waals surface area contributed by atoms with Gasteiger partial charge in [-0.15, -0.1) is 4.91 Å². The minimum absolute atomic E-state index is 0.303. The number of rotatable bonds is 3. The van der Waals surface area contributed by atoms with Gasteiger partial charge in [0.15, 0.2) is 0 Å². The van der Waals surface area contributed by atoms with Crippen LogP contribution in [0.5, 0.6) is 0 Å². The molecule has 3 aromatic rings. The highest BCUT2D eigenvalue weighted by atomic mass is 35.5. The third-order valence-electron chi connectivity index (χ3n) is 2.79. The van der Waals surface area contributed by atoms with Gasteiger partial charge in [0.2, 0.25) is 0 Å². The number of aromatic amines is 1. The van der Waals surface area contributed by atoms with Crippen molar-refractivity contribution in [2.24, 2.45) is 5.18 Å². The molecule has 0 aliphatic rings. The van der Waals surface area contributed by atoms with Gasteiger partial charge < -0.3 is 10.3 Å². The molecule has 5 nitrogen and oxygen atoms in total. The average molecular weight is 273 g/mol. The number of hydrogen-bond acceptors (Lipinski definition) is 4.